The smallest absolute Gasteiger partial charge is 0.418 e. The monoisotopic (exact) mass is 551 g/mol. The fourth-order valence-corrected chi connectivity index (χ4v) is 5.66. The molecule has 0 saturated carbocycles. The van der Waals surface area contributed by atoms with Gasteiger partial charge in [0.15, 0.2) is 5.75 Å². The van der Waals surface area contributed by atoms with Crippen LogP contribution in [0.15, 0.2) is 12.1 Å². The fraction of sp³-hybridized carbons (Fsp3) is 0.560. The Bertz CT molecular complexity index is 1210. The molecule has 210 valence electrons. The van der Waals surface area contributed by atoms with Gasteiger partial charge in [-0.1, -0.05) is 0 Å². The molecule has 4 aliphatic heterocycles. The highest BCUT2D eigenvalue weighted by Gasteiger charge is 2.48. The number of carbonyl (C=O) groups is 5. The molecule has 0 spiro atoms. The van der Waals surface area contributed by atoms with Crippen LogP contribution in [0.1, 0.15) is 46.4 Å². The number of fused-ring (bicyclic) bond motifs is 1. The van der Waals surface area contributed by atoms with Gasteiger partial charge >= 0.3 is 12.1 Å². The Kier molecular flexibility index (Phi) is 7.33. The van der Waals surface area contributed by atoms with E-state index in [0.29, 0.717) is 32.1 Å². The second-order valence-electron chi connectivity index (χ2n) is 10.2. The van der Waals surface area contributed by atoms with Gasteiger partial charge in [-0.05, 0) is 50.4 Å². The lowest BCUT2D eigenvalue weighted by Crippen LogP contribution is -2.54. The van der Waals surface area contributed by atoms with Crippen molar-refractivity contribution in [3.05, 3.63) is 23.3 Å². The van der Waals surface area contributed by atoms with Gasteiger partial charge in [0, 0.05) is 39.1 Å². The van der Waals surface area contributed by atoms with Crippen LogP contribution in [0.3, 0.4) is 0 Å². The normalized spacial score (nSPS) is 23.2. The Labute approximate surface area is 221 Å². The van der Waals surface area contributed by atoms with Crippen LogP contribution in [-0.4, -0.2) is 97.4 Å². The molecule has 0 radical (unpaired) electrons. The minimum Gasteiger partial charge on any atom is -0.418 e. The third-order valence-corrected chi connectivity index (χ3v) is 7.64. The van der Waals surface area contributed by atoms with Gasteiger partial charge in [0.2, 0.25) is 11.8 Å². The van der Waals surface area contributed by atoms with Crippen LogP contribution in [0.25, 0.3) is 0 Å². The number of alkyl halides is 3. The lowest BCUT2D eigenvalue weighted by Gasteiger charge is -2.39. The summed E-state index contributed by atoms with van der Waals surface area (Å²) in [5, 5.41) is 5.43. The molecule has 4 amide bonds. The number of rotatable bonds is 5. The zero-order valence-corrected chi connectivity index (χ0v) is 21.0. The number of amides is 4. The van der Waals surface area contributed by atoms with E-state index in [4.69, 9.17) is 4.74 Å². The summed E-state index contributed by atoms with van der Waals surface area (Å²) in [6.07, 6.45) is -3.32. The van der Waals surface area contributed by atoms with Crippen LogP contribution in [-0.2, 0) is 14.4 Å². The Morgan fingerprint density at radius 3 is 2.31 bits per heavy atom. The minimum atomic E-state index is -5.28. The largest absolute Gasteiger partial charge is 0.491 e. The van der Waals surface area contributed by atoms with Crippen molar-refractivity contribution < 1.29 is 41.9 Å². The zero-order valence-electron chi connectivity index (χ0n) is 21.0. The molecule has 4 aliphatic rings. The van der Waals surface area contributed by atoms with Gasteiger partial charge < -0.3 is 15.0 Å². The molecule has 4 heterocycles. The maximum Gasteiger partial charge on any atom is 0.491 e. The highest BCUT2D eigenvalue weighted by Crippen LogP contribution is 2.41. The van der Waals surface area contributed by atoms with Crippen LogP contribution in [0.4, 0.5) is 18.9 Å². The van der Waals surface area contributed by atoms with Gasteiger partial charge in [0.05, 0.1) is 16.8 Å². The van der Waals surface area contributed by atoms with Crippen molar-refractivity contribution in [2.24, 2.45) is 5.92 Å². The number of anilines is 1. The first-order valence-electron chi connectivity index (χ1n) is 12.9. The highest BCUT2D eigenvalue weighted by atomic mass is 19.4. The van der Waals surface area contributed by atoms with Crippen molar-refractivity contribution in [3.8, 4) is 5.75 Å². The lowest BCUT2D eigenvalue weighted by molar-refractivity contribution is -0.189. The van der Waals surface area contributed by atoms with Gasteiger partial charge in [-0.3, -0.25) is 34.3 Å². The van der Waals surface area contributed by atoms with Crippen LogP contribution < -0.4 is 20.3 Å². The maximum atomic E-state index is 13.6. The Hall–Kier alpha value is -3.52. The van der Waals surface area contributed by atoms with Gasteiger partial charge in [-0.25, -0.2) is 4.79 Å². The molecule has 1 unspecified atom stereocenters. The van der Waals surface area contributed by atoms with Crippen LogP contribution in [0.5, 0.6) is 5.75 Å². The summed E-state index contributed by atoms with van der Waals surface area (Å²) < 4.78 is 43.9. The number of imide groups is 2. The molecule has 11 nitrogen and oxygen atoms in total. The predicted octanol–water partition coefficient (Wildman–Crippen LogP) is 0.677. The number of carbonyl (C=O) groups excluding carboxylic acids is 5. The van der Waals surface area contributed by atoms with Crippen molar-refractivity contribution in [3.63, 3.8) is 0 Å². The molecule has 3 saturated heterocycles. The zero-order chi connectivity index (χ0) is 27.9. The van der Waals surface area contributed by atoms with Gasteiger partial charge in [-0.15, -0.1) is 0 Å². The molecule has 3 fully saturated rings. The molecule has 0 bridgehead atoms. The van der Waals surface area contributed by atoms with Gasteiger partial charge in [0.1, 0.15) is 6.04 Å². The van der Waals surface area contributed by atoms with E-state index < -0.39 is 47.6 Å². The standard InChI is InChI=1S/C25H28F3N5O6/c26-25(27,28)24(38)39-17-3-1-15-19(23(37)33(22(15)36)16-2-4-18(34)30-21(16)35)20(17)32-11-9-31(10-12-32)13-14-5-7-29-8-6-14/h1,3,14,16,29H,2,4-13H2,(H,30,34,35). The molecule has 0 aromatic heterocycles. The lowest BCUT2D eigenvalue weighted by atomic mass is 9.97. The average molecular weight is 552 g/mol. The third kappa shape index (κ3) is 5.35. The number of nitrogens with one attached hydrogen (secondary N) is 2. The Balaban J connectivity index is 1.44. The maximum absolute atomic E-state index is 13.6. The second kappa shape index (κ2) is 10.6. The summed E-state index contributed by atoms with van der Waals surface area (Å²) in [7, 11) is 0. The Morgan fingerprint density at radius 1 is 0.974 bits per heavy atom. The number of esters is 1. The van der Waals surface area contributed by atoms with Gasteiger partial charge in [0.25, 0.3) is 11.8 Å². The summed E-state index contributed by atoms with van der Waals surface area (Å²) in [5.74, 6) is -5.44. The van der Waals surface area contributed by atoms with Crippen molar-refractivity contribution in [2.45, 2.75) is 37.9 Å². The molecule has 2 N–H and O–H groups in total. The minimum absolute atomic E-state index is 0.0727. The van der Waals surface area contributed by atoms with Crippen LogP contribution >= 0.6 is 0 Å². The fourth-order valence-electron chi connectivity index (χ4n) is 5.66. The van der Waals surface area contributed by atoms with Crippen LogP contribution in [0.2, 0.25) is 0 Å². The predicted molar refractivity (Wildman–Crippen MR) is 129 cm³/mol. The summed E-state index contributed by atoms with van der Waals surface area (Å²) >= 11 is 0. The van der Waals surface area contributed by atoms with Gasteiger partial charge in [-0.2, -0.15) is 13.2 Å². The van der Waals surface area contributed by atoms with E-state index in [9.17, 15) is 37.1 Å². The molecule has 39 heavy (non-hydrogen) atoms. The first kappa shape index (κ1) is 27.1. The van der Waals surface area contributed by atoms with E-state index in [1.165, 1.54) is 0 Å². The molecule has 14 heteroatoms. The topological polar surface area (TPSA) is 128 Å². The number of hydrogen-bond acceptors (Lipinski definition) is 9. The van der Waals surface area contributed by atoms with E-state index in [1.54, 1.807) is 4.90 Å². The molecule has 5 rings (SSSR count). The number of ether oxygens (including phenoxy) is 1. The van der Waals surface area contributed by atoms with Crippen LogP contribution in [0, 0.1) is 5.92 Å². The number of hydrogen-bond donors (Lipinski definition) is 2. The van der Waals surface area contributed by atoms with E-state index in [-0.39, 0.29) is 29.7 Å². The Morgan fingerprint density at radius 2 is 1.67 bits per heavy atom. The first-order chi connectivity index (χ1) is 18.5. The molecule has 1 atom stereocenters. The average Bonchev–Trinajstić information content (AvgIpc) is 3.14. The molecule has 0 aliphatic carbocycles. The molecule has 1 aromatic carbocycles. The quantitative estimate of drug-likeness (QED) is 0.308. The summed E-state index contributed by atoms with van der Waals surface area (Å²) in [6, 6.07) is 0.946. The second-order valence-corrected chi connectivity index (χ2v) is 10.2. The van der Waals surface area contributed by atoms with Crippen molar-refractivity contribution in [1.82, 2.24) is 20.4 Å². The van der Waals surface area contributed by atoms with E-state index in [0.717, 1.165) is 49.5 Å². The SMILES string of the molecule is O=C1CCC(N2C(=O)c3ccc(OC(=O)C(F)(F)F)c(N4CCN(CC5CCNCC5)CC4)c3C2=O)C(=O)N1. The van der Waals surface area contributed by atoms with Crippen molar-refractivity contribution in [1.29, 1.82) is 0 Å². The number of piperazine rings is 1. The summed E-state index contributed by atoms with van der Waals surface area (Å²) in [5.41, 5.74) is -0.410. The first-order valence-corrected chi connectivity index (χ1v) is 12.9. The molecular formula is C25H28F3N5O6. The number of halogens is 3. The third-order valence-electron chi connectivity index (χ3n) is 7.64. The van der Waals surface area contributed by atoms with E-state index in [1.807, 2.05) is 0 Å². The number of nitrogens with zero attached hydrogens (tertiary/aromatic N) is 3. The summed E-state index contributed by atoms with van der Waals surface area (Å²) in [6.45, 7) is 4.52. The molecular weight excluding hydrogens is 523 g/mol. The van der Waals surface area contributed by atoms with E-state index >= 15 is 0 Å². The van der Waals surface area contributed by atoms with E-state index in [2.05, 4.69) is 15.5 Å². The molecule has 1 aromatic rings. The van der Waals surface area contributed by atoms with Crippen molar-refractivity contribution in [2.75, 3.05) is 50.7 Å². The van der Waals surface area contributed by atoms with Crippen molar-refractivity contribution >= 4 is 35.3 Å². The highest BCUT2D eigenvalue weighted by molar-refractivity contribution is 6.26. The number of piperidine rings is 2. The summed E-state index contributed by atoms with van der Waals surface area (Å²) in [4.78, 5) is 67.3. The number of benzene rings is 1.